The van der Waals surface area contributed by atoms with E-state index in [-0.39, 0.29) is 42.5 Å². The van der Waals surface area contributed by atoms with Crippen molar-refractivity contribution in [2.75, 3.05) is 31.7 Å². The second-order valence-electron chi connectivity index (χ2n) is 11.8. The van der Waals surface area contributed by atoms with Gasteiger partial charge in [0.2, 0.25) is 0 Å². The SMILES string of the molecule is CC(C)OCC(C)(CO)CNC(=S)Nc1cc(F)c(Oc2ccnc3c2c(Cl)cn3COCC[Si-](C)(C)C)c(F)c1. The summed E-state index contributed by atoms with van der Waals surface area (Å²) in [6.45, 7) is 13.8. The molecule has 0 bridgehead atoms. The van der Waals surface area contributed by atoms with E-state index in [1.807, 2.05) is 20.8 Å². The molecule has 41 heavy (non-hydrogen) atoms. The van der Waals surface area contributed by atoms with Gasteiger partial charge in [0, 0.05) is 48.8 Å². The summed E-state index contributed by atoms with van der Waals surface area (Å²) in [6, 6.07) is 4.67. The number of thiocarbonyl (C=S) groups is 1. The first kappa shape index (κ1) is 33.2. The highest BCUT2D eigenvalue weighted by molar-refractivity contribution is 7.80. The zero-order valence-corrected chi connectivity index (χ0v) is 26.9. The third-order valence-corrected chi connectivity index (χ3v) is 8.43. The summed E-state index contributed by atoms with van der Waals surface area (Å²) in [5.74, 6) is -2.30. The van der Waals surface area contributed by atoms with Crippen molar-refractivity contribution in [2.24, 2.45) is 5.41 Å². The van der Waals surface area contributed by atoms with E-state index in [1.165, 1.54) is 12.3 Å². The van der Waals surface area contributed by atoms with Gasteiger partial charge in [-0.2, -0.15) is 19.6 Å². The molecule has 2 aromatic heterocycles. The number of pyridine rings is 1. The second-order valence-corrected chi connectivity index (χ2v) is 18.2. The third kappa shape index (κ3) is 9.58. The van der Waals surface area contributed by atoms with E-state index in [0.717, 1.165) is 18.2 Å². The van der Waals surface area contributed by atoms with Crippen LogP contribution in [0.25, 0.3) is 11.0 Å². The van der Waals surface area contributed by atoms with E-state index in [1.54, 1.807) is 10.8 Å². The van der Waals surface area contributed by atoms with Crippen LogP contribution < -0.4 is 15.4 Å². The molecule has 0 aliphatic heterocycles. The maximum absolute atomic E-state index is 15.1. The van der Waals surface area contributed by atoms with Crippen LogP contribution in [0.2, 0.25) is 30.7 Å². The molecule has 0 radical (unpaired) electrons. The third-order valence-electron chi connectivity index (χ3n) is 6.19. The van der Waals surface area contributed by atoms with Crippen molar-refractivity contribution in [3.63, 3.8) is 0 Å². The quantitative estimate of drug-likeness (QED) is 0.102. The molecule has 0 saturated carbocycles. The first-order chi connectivity index (χ1) is 19.2. The molecular weight excluding hydrogens is 590 g/mol. The first-order valence-corrected chi connectivity index (χ1v) is 17.9. The van der Waals surface area contributed by atoms with Crippen LogP contribution in [0, 0.1) is 17.0 Å². The zero-order valence-electron chi connectivity index (χ0n) is 24.3. The van der Waals surface area contributed by atoms with E-state index in [4.69, 9.17) is 38.0 Å². The Hall–Kier alpha value is -2.35. The van der Waals surface area contributed by atoms with Crippen LogP contribution >= 0.6 is 23.8 Å². The van der Waals surface area contributed by atoms with Gasteiger partial charge in [0.15, 0.2) is 22.5 Å². The van der Waals surface area contributed by atoms with Crippen LogP contribution in [0.3, 0.4) is 0 Å². The number of aliphatic hydroxyl groups is 1. The van der Waals surface area contributed by atoms with Gasteiger partial charge in [0.05, 0.1) is 29.7 Å². The minimum Gasteiger partial charge on any atom is -0.450 e. The lowest BCUT2D eigenvalue weighted by atomic mass is 9.93. The monoisotopic (exact) mass is 628 g/mol. The maximum atomic E-state index is 15.1. The molecule has 0 aliphatic rings. The fourth-order valence-corrected chi connectivity index (χ4v) is 4.93. The average Bonchev–Trinajstić information content (AvgIpc) is 3.22. The molecule has 3 aromatic rings. The van der Waals surface area contributed by atoms with Crippen LogP contribution in [0.5, 0.6) is 11.5 Å². The van der Waals surface area contributed by atoms with Gasteiger partial charge in [-0.05, 0) is 32.1 Å². The van der Waals surface area contributed by atoms with Crippen molar-refractivity contribution in [3.8, 4) is 11.5 Å². The molecule has 0 aliphatic carbocycles. The number of hydrogen-bond acceptors (Lipinski definition) is 6. The summed E-state index contributed by atoms with van der Waals surface area (Å²) in [6.07, 6.45) is 3.15. The molecule has 1 aromatic carbocycles. The molecule has 1 unspecified atom stereocenters. The number of anilines is 1. The fraction of sp³-hybridized carbons (Fsp3) is 0.500. The predicted octanol–water partition coefficient (Wildman–Crippen LogP) is 6.78. The molecule has 0 spiro atoms. The second kappa shape index (κ2) is 14.2. The normalized spacial score (nSPS) is 13.4. The summed E-state index contributed by atoms with van der Waals surface area (Å²) in [5, 5.41) is 16.4. The lowest BCUT2D eigenvalue weighted by molar-refractivity contribution is -0.00872. The number of ether oxygens (including phenoxy) is 3. The van der Waals surface area contributed by atoms with Crippen molar-refractivity contribution < 1.29 is 28.1 Å². The summed E-state index contributed by atoms with van der Waals surface area (Å²) in [5.41, 5.74) is -0.0290. The average molecular weight is 629 g/mol. The summed E-state index contributed by atoms with van der Waals surface area (Å²) in [4.78, 5) is 4.37. The van der Waals surface area contributed by atoms with Gasteiger partial charge in [-0.3, -0.25) is 0 Å². The number of aromatic nitrogens is 2. The van der Waals surface area contributed by atoms with Crippen LogP contribution in [0.15, 0.2) is 30.6 Å². The Morgan fingerprint density at radius 3 is 2.54 bits per heavy atom. The maximum Gasteiger partial charge on any atom is 0.198 e. The molecule has 1 atom stereocenters. The Morgan fingerprint density at radius 2 is 1.93 bits per heavy atom. The molecule has 3 rings (SSSR count). The highest BCUT2D eigenvalue weighted by Gasteiger charge is 2.25. The number of aliphatic hydroxyl groups excluding tert-OH is 1. The molecule has 3 N–H and O–H groups in total. The van der Waals surface area contributed by atoms with Crippen molar-refractivity contribution >= 4 is 53.7 Å². The number of nitrogens with zero attached hydrogens (tertiary/aromatic N) is 2. The van der Waals surface area contributed by atoms with Gasteiger partial charge in [-0.15, -0.1) is 14.1 Å². The van der Waals surface area contributed by atoms with E-state index in [2.05, 4.69) is 35.3 Å². The topological polar surface area (TPSA) is 89.8 Å². The molecule has 8 nitrogen and oxygen atoms in total. The van der Waals surface area contributed by atoms with Crippen LogP contribution in [0.1, 0.15) is 20.8 Å². The standard InChI is InChI=1S/C28H39ClF2N4O4SSi/c1-18(2)38-16-28(3,15-36)14-33-27(40)34-19-11-21(30)25(22(31)12-19)39-23-7-8-32-26-24(23)20(29)13-35(26)17-37-9-10-41(4,5)6/h7-8,11-13,18,36H,9-10,14-17H2,1-6H3,(H2,33,34,40)/q-1. The molecule has 227 valence electrons. The van der Waals surface area contributed by atoms with Gasteiger partial charge in [-0.1, -0.05) is 18.5 Å². The summed E-state index contributed by atoms with van der Waals surface area (Å²) >= 11 is 11.8. The van der Waals surface area contributed by atoms with Crippen molar-refractivity contribution in [1.82, 2.24) is 14.9 Å². The molecule has 0 fully saturated rings. The number of fused-ring (bicyclic) bond motifs is 1. The Kier molecular flexibility index (Phi) is 11.5. The lowest BCUT2D eigenvalue weighted by Crippen LogP contribution is -2.43. The summed E-state index contributed by atoms with van der Waals surface area (Å²) in [7, 11) is -1.24. The van der Waals surface area contributed by atoms with Crippen LogP contribution in [-0.2, 0) is 16.2 Å². The Morgan fingerprint density at radius 1 is 1.24 bits per heavy atom. The van der Waals surface area contributed by atoms with Crippen molar-refractivity contribution in [3.05, 3.63) is 47.2 Å². The molecule has 0 saturated heterocycles. The number of hydrogen-bond donors (Lipinski definition) is 3. The van der Waals surface area contributed by atoms with E-state index in [0.29, 0.717) is 29.3 Å². The van der Waals surface area contributed by atoms with Gasteiger partial charge >= 0.3 is 0 Å². The molecule has 2 heterocycles. The van der Waals surface area contributed by atoms with Crippen molar-refractivity contribution in [2.45, 2.75) is 59.3 Å². The fourth-order valence-electron chi connectivity index (χ4n) is 3.69. The predicted molar refractivity (Wildman–Crippen MR) is 166 cm³/mol. The van der Waals surface area contributed by atoms with Gasteiger partial charge in [0.1, 0.15) is 18.1 Å². The first-order valence-electron chi connectivity index (χ1n) is 13.4. The Balaban J connectivity index is 1.70. The minimum absolute atomic E-state index is 0.00969. The molecule has 0 amide bonds. The molecular formula is C28H39ClF2N4O4SSi-. The van der Waals surface area contributed by atoms with Crippen LogP contribution in [0.4, 0.5) is 14.5 Å². The minimum atomic E-state index is -1.24. The van der Waals surface area contributed by atoms with Crippen molar-refractivity contribution in [1.29, 1.82) is 0 Å². The largest absolute Gasteiger partial charge is 0.450 e. The Labute approximate surface area is 251 Å². The highest BCUT2D eigenvalue weighted by Crippen LogP contribution is 2.37. The number of halogens is 3. The van der Waals surface area contributed by atoms with Crippen LogP contribution in [-0.4, -0.2) is 60.3 Å². The number of nitrogens with one attached hydrogen (secondary N) is 2. The van der Waals surface area contributed by atoms with Gasteiger partial charge in [-0.25, -0.2) is 13.8 Å². The smallest absolute Gasteiger partial charge is 0.198 e. The number of rotatable bonds is 14. The number of benzene rings is 1. The van der Waals surface area contributed by atoms with Gasteiger partial charge < -0.3 is 34.5 Å². The lowest BCUT2D eigenvalue weighted by Gasteiger charge is -2.29. The highest BCUT2D eigenvalue weighted by atomic mass is 35.5. The van der Waals surface area contributed by atoms with E-state index in [9.17, 15) is 5.11 Å². The Bertz CT molecular complexity index is 1330. The summed E-state index contributed by atoms with van der Waals surface area (Å²) < 4.78 is 49.0. The van der Waals surface area contributed by atoms with E-state index < -0.39 is 30.9 Å². The van der Waals surface area contributed by atoms with Gasteiger partial charge in [0.25, 0.3) is 0 Å². The molecule has 13 heteroatoms. The van der Waals surface area contributed by atoms with E-state index >= 15 is 8.78 Å². The zero-order chi connectivity index (χ0) is 30.4.